The van der Waals surface area contributed by atoms with E-state index in [1.165, 1.54) is 0 Å². The molecule has 1 aliphatic carbocycles. The number of urea groups is 1. The van der Waals surface area contributed by atoms with Crippen molar-refractivity contribution < 1.29 is 9.90 Å². The van der Waals surface area contributed by atoms with Gasteiger partial charge in [0.2, 0.25) is 0 Å². The van der Waals surface area contributed by atoms with Gasteiger partial charge in [0.05, 0.1) is 12.1 Å². The molecule has 108 valence electrons. The molecular weight excluding hydrogens is 320 g/mol. The number of nitrogens with one attached hydrogen (secondary N) is 1. The zero-order valence-corrected chi connectivity index (χ0v) is 12.8. The largest absolute Gasteiger partial charge is 0.393 e. The Balaban J connectivity index is 1.71. The van der Waals surface area contributed by atoms with Crippen LogP contribution in [0.4, 0.5) is 4.79 Å². The van der Waals surface area contributed by atoms with Crippen LogP contribution in [-0.2, 0) is 0 Å². The summed E-state index contributed by atoms with van der Waals surface area (Å²) in [4.78, 5) is 14.1. The predicted octanol–water partition coefficient (Wildman–Crippen LogP) is 2.82. The molecule has 1 atom stereocenters. The first-order valence-electron chi connectivity index (χ1n) is 7.15. The summed E-state index contributed by atoms with van der Waals surface area (Å²) in [6.45, 7) is 0.711. The van der Waals surface area contributed by atoms with Crippen molar-refractivity contribution in [2.24, 2.45) is 0 Å². The van der Waals surface area contributed by atoms with E-state index in [1.807, 2.05) is 29.2 Å². The normalized spacial score (nSPS) is 30.4. The van der Waals surface area contributed by atoms with Gasteiger partial charge in [0, 0.05) is 17.1 Å². The Kier molecular flexibility index (Phi) is 3.98. The van der Waals surface area contributed by atoms with Crippen molar-refractivity contribution in [1.29, 1.82) is 0 Å². The molecule has 2 aliphatic rings. The van der Waals surface area contributed by atoms with E-state index >= 15 is 0 Å². The molecule has 0 spiro atoms. The highest BCUT2D eigenvalue weighted by Gasteiger charge is 2.36. The SMILES string of the molecule is O=C1NC(c2ccccc2Br)CN1C1CCC(O)CC1. The number of benzene rings is 1. The monoisotopic (exact) mass is 338 g/mol. The van der Waals surface area contributed by atoms with Crippen LogP contribution in [0.1, 0.15) is 37.3 Å². The molecule has 1 heterocycles. The van der Waals surface area contributed by atoms with Crippen molar-refractivity contribution in [1.82, 2.24) is 10.2 Å². The molecule has 2 N–H and O–H groups in total. The minimum absolute atomic E-state index is 0.0205. The Morgan fingerprint density at radius 3 is 2.60 bits per heavy atom. The van der Waals surface area contributed by atoms with E-state index in [0.717, 1.165) is 35.7 Å². The van der Waals surface area contributed by atoms with Crippen LogP contribution in [0.2, 0.25) is 0 Å². The van der Waals surface area contributed by atoms with Crippen LogP contribution >= 0.6 is 15.9 Å². The molecule has 1 saturated heterocycles. The van der Waals surface area contributed by atoms with E-state index in [1.54, 1.807) is 0 Å². The van der Waals surface area contributed by atoms with E-state index in [9.17, 15) is 9.90 Å². The molecule has 0 bridgehead atoms. The Morgan fingerprint density at radius 2 is 1.90 bits per heavy atom. The second-order valence-electron chi connectivity index (χ2n) is 5.64. The van der Waals surface area contributed by atoms with Gasteiger partial charge < -0.3 is 15.3 Å². The van der Waals surface area contributed by atoms with Crippen LogP contribution in [-0.4, -0.2) is 34.7 Å². The number of carbonyl (C=O) groups is 1. The molecule has 1 aliphatic heterocycles. The number of halogens is 1. The van der Waals surface area contributed by atoms with Crippen molar-refractivity contribution in [2.45, 2.75) is 43.9 Å². The summed E-state index contributed by atoms with van der Waals surface area (Å²) in [6, 6.07) is 8.35. The van der Waals surface area contributed by atoms with Crippen molar-refractivity contribution in [3.05, 3.63) is 34.3 Å². The lowest BCUT2D eigenvalue weighted by Gasteiger charge is -2.32. The van der Waals surface area contributed by atoms with Crippen molar-refractivity contribution in [3.8, 4) is 0 Å². The molecule has 0 aromatic heterocycles. The molecule has 4 nitrogen and oxygen atoms in total. The van der Waals surface area contributed by atoms with Crippen LogP contribution in [0.15, 0.2) is 28.7 Å². The van der Waals surface area contributed by atoms with Gasteiger partial charge in [-0.3, -0.25) is 0 Å². The lowest BCUT2D eigenvalue weighted by Crippen LogP contribution is -2.41. The van der Waals surface area contributed by atoms with Gasteiger partial charge >= 0.3 is 6.03 Å². The highest BCUT2D eigenvalue weighted by molar-refractivity contribution is 9.10. The molecule has 20 heavy (non-hydrogen) atoms. The summed E-state index contributed by atoms with van der Waals surface area (Å²) in [6.07, 6.45) is 3.22. The molecule has 1 aromatic carbocycles. The fourth-order valence-corrected chi connectivity index (χ4v) is 3.74. The van der Waals surface area contributed by atoms with E-state index in [2.05, 4.69) is 21.2 Å². The molecule has 3 rings (SSSR count). The first-order chi connectivity index (χ1) is 9.65. The smallest absolute Gasteiger partial charge is 0.318 e. The Morgan fingerprint density at radius 1 is 1.20 bits per heavy atom. The Labute approximate surface area is 127 Å². The lowest BCUT2D eigenvalue weighted by molar-refractivity contribution is 0.0907. The van der Waals surface area contributed by atoms with E-state index in [4.69, 9.17) is 0 Å². The second kappa shape index (κ2) is 5.74. The molecule has 1 saturated carbocycles. The topological polar surface area (TPSA) is 52.6 Å². The van der Waals surface area contributed by atoms with Gasteiger partial charge in [0.25, 0.3) is 0 Å². The van der Waals surface area contributed by atoms with E-state index < -0.39 is 0 Å². The van der Waals surface area contributed by atoms with Gasteiger partial charge in [-0.25, -0.2) is 4.79 Å². The number of rotatable bonds is 2. The zero-order valence-electron chi connectivity index (χ0n) is 11.3. The third kappa shape index (κ3) is 2.69. The average Bonchev–Trinajstić information content (AvgIpc) is 2.82. The van der Waals surface area contributed by atoms with Crippen LogP contribution < -0.4 is 5.32 Å². The zero-order chi connectivity index (χ0) is 14.1. The minimum Gasteiger partial charge on any atom is -0.393 e. The molecule has 2 fully saturated rings. The van der Waals surface area contributed by atoms with Crippen LogP contribution in [0, 0.1) is 0 Å². The van der Waals surface area contributed by atoms with Crippen molar-refractivity contribution in [3.63, 3.8) is 0 Å². The van der Waals surface area contributed by atoms with Crippen LogP contribution in [0.3, 0.4) is 0 Å². The number of aliphatic hydroxyl groups excluding tert-OH is 1. The predicted molar refractivity (Wildman–Crippen MR) is 80.4 cm³/mol. The van der Waals surface area contributed by atoms with Crippen LogP contribution in [0.25, 0.3) is 0 Å². The molecule has 2 amide bonds. The highest BCUT2D eigenvalue weighted by atomic mass is 79.9. The van der Waals surface area contributed by atoms with E-state index in [-0.39, 0.29) is 24.2 Å². The number of aliphatic hydroxyl groups is 1. The van der Waals surface area contributed by atoms with Gasteiger partial charge in [-0.1, -0.05) is 34.1 Å². The number of amides is 2. The summed E-state index contributed by atoms with van der Waals surface area (Å²) in [5, 5.41) is 12.6. The van der Waals surface area contributed by atoms with Crippen LogP contribution in [0.5, 0.6) is 0 Å². The van der Waals surface area contributed by atoms with Gasteiger partial charge in [-0.05, 0) is 37.3 Å². The van der Waals surface area contributed by atoms with Gasteiger partial charge in [-0.15, -0.1) is 0 Å². The summed E-state index contributed by atoms with van der Waals surface area (Å²) in [5.41, 5.74) is 1.12. The number of nitrogens with zero attached hydrogens (tertiary/aromatic N) is 1. The lowest BCUT2D eigenvalue weighted by atomic mass is 9.92. The molecular formula is C15H19BrN2O2. The third-order valence-electron chi connectivity index (χ3n) is 4.33. The average molecular weight is 339 g/mol. The fourth-order valence-electron chi connectivity index (χ4n) is 3.18. The Bertz CT molecular complexity index is 500. The van der Waals surface area contributed by atoms with Crippen molar-refractivity contribution in [2.75, 3.05) is 6.54 Å². The Hall–Kier alpha value is -1.07. The summed E-state index contributed by atoms with van der Waals surface area (Å²) < 4.78 is 1.03. The minimum atomic E-state index is -0.184. The maximum atomic E-state index is 12.2. The van der Waals surface area contributed by atoms with Crippen molar-refractivity contribution >= 4 is 22.0 Å². The molecule has 1 unspecified atom stereocenters. The van der Waals surface area contributed by atoms with Gasteiger partial charge in [-0.2, -0.15) is 0 Å². The first-order valence-corrected chi connectivity index (χ1v) is 7.94. The van der Waals surface area contributed by atoms with E-state index in [0.29, 0.717) is 6.54 Å². The standard InChI is InChI=1S/C15H19BrN2O2/c16-13-4-2-1-3-12(13)14-9-18(15(20)17-14)10-5-7-11(19)8-6-10/h1-4,10-11,14,19H,5-9H2,(H,17,20). The second-order valence-corrected chi connectivity index (χ2v) is 6.49. The van der Waals surface area contributed by atoms with Gasteiger partial charge in [0.15, 0.2) is 0 Å². The maximum absolute atomic E-state index is 12.2. The molecule has 5 heteroatoms. The molecule has 0 radical (unpaired) electrons. The summed E-state index contributed by atoms with van der Waals surface area (Å²) in [5.74, 6) is 0. The third-order valence-corrected chi connectivity index (χ3v) is 5.05. The molecule has 1 aromatic rings. The summed E-state index contributed by atoms with van der Waals surface area (Å²) in [7, 11) is 0. The first kappa shape index (κ1) is 13.9. The fraction of sp³-hybridized carbons (Fsp3) is 0.533. The van der Waals surface area contributed by atoms with Gasteiger partial charge in [0.1, 0.15) is 0 Å². The number of hydrogen-bond donors (Lipinski definition) is 2. The maximum Gasteiger partial charge on any atom is 0.318 e. The number of hydrogen-bond acceptors (Lipinski definition) is 2. The summed E-state index contributed by atoms with van der Waals surface area (Å²) >= 11 is 3.55. The highest BCUT2D eigenvalue weighted by Crippen LogP contribution is 2.31. The number of carbonyl (C=O) groups excluding carboxylic acids is 1. The quantitative estimate of drug-likeness (QED) is 0.871.